The van der Waals surface area contributed by atoms with Crippen molar-refractivity contribution < 1.29 is 19.0 Å². The summed E-state index contributed by atoms with van der Waals surface area (Å²) in [5.74, 6) is -0.358. The molecule has 0 fully saturated rings. The molecule has 0 saturated carbocycles. The maximum Gasteiger partial charge on any atom is 0.243 e. The van der Waals surface area contributed by atoms with Crippen LogP contribution in [0.5, 0.6) is 0 Å². The van der Waals surface area contributed by atoms with Crippen molar-refractivity contribution >= 4 is 34.2 Å². The zero-order chi connectivity index (χ0) is 31.1. The molecule has 2 aromatic heterocycles. The number of nitrogens with zero attached hydrogens (tertiary/aromatic N) is 6. The Labute approximate surface area is 258 Å². The Morgan fingerprint density at radius 3 is 2.27 bits per heavy atom. The van der Waals surface area contributed by atoms with Crippen molar-refractivity contribution in [2.45, 2.75) is 33.9 Å². The topological polar surface area (TPSA) is 96.7 Å². The summed E-state index contributed by atoms with van der Waals surface area (Å²) in [7, 11) is 2.02. The summed E-state index contributed by atoms with van der Waals surface area (Å²) in [5.41, 5.74) is 4.68. The Morgan fingerprint density at radius 1 is 0.977 bits per heavy atom. The Kier molecular flexibility index (Phi) is 9.59. The van der Waals surface area contributed by atoms with E-state index in [0.717, 1.165) is 56.3 Å². The van der Waals surface area contributed by atoms with E-state index in [1.54, 1.807) is 13.0 Å². The van der Waals surface area contributed by atoms with E-state index in [4.69, 9.17) is 0 Å². The fourth-order valence-corrected chi connectivity index (χ4v) is 5.24. The van der Waals surface area contributed by atoms with Crippen molar-refractivity contribution in [3.05, 3.63) is 109 Å². The molecule has 3 N–H and O–H groups in total. The molecule has 5 rings (SSSR count). The summed E-state index contributed by atoms with van der Waals surface area (Å²) >= 11 is 0. The van der Waals surface area contributed by atoms with Gasteiger partial charge in [-0.05, 0) is 75.4 Å². The van der Waals surface area contributed by atoms with Crippen LogP contribution in [0, 0.1) is 0 Å². The molecule has 0 spiro atoms. The van der Waals surface area contributed by atoms with Crippen LogP contribution in [0.15, 0.2) is 114 Å². The highest BCUT2D eigenvalue weighted by Gasteiger charge is 2.24. The van der Waals surface area contributed by atoms with E-state index >= 15 is 0 Å². The number of aromatic nitrogens is 4. The molecule has 0 radical (unpaired) electrons. The lowest BCUT2D eigenvalue weighted by Gasteiger charge is -2.23. The van der Waals surface area contributed by atoms with Gasteiger partial charge < -0.3 is 20.2 Å². The van der Waals surface area contributed by atoms with Gasteiger partial charge >= 0.3 is 0 Å². The molecule has 0 atom stereocenters. The lowest BCUT2D eigenvalue weighted by molar-refractivity contribution is -0.693. The second-order valence-corrected chi connectivity index (χ2v) is 10.9. The Bertz CT molecular complexity index is 1650. The quantitative estimate of drug-likeness (QED) is 0.157. The smallest absolute Gasteiger partial charge is 0.243 e. The first-order valence-corrected chi connectivity index (χ1v) is 15.1. The number of rotatable bonds is 13. The molecular weight excluding hydrogens is 552 g/mol. The summed E-state index contributed by atoms with van der Waals surface area (Å²) in [5, 5.41) is 14.1. The first kappa shape index (κ1) is 30.3. The SMILES string of the molecule is CCN(CCn1cc[n+](C)c1)c1ccc(N=C2C=C(Nc3ccc(N(CC)CC[n+]4cc[nH]c4)cc3)C(O)=C(C)C2=O)cc1. The monoisotopic (exact) mass is 594 g/mol. The number of aliphatic imine (C=N–C) groups is 1. The van der Waals surface area contributed by atoms with Crippen LogP contribution in [-0.4, -0.2) is 52.3 Å². The van der Waals surface area contributed by atoms with Gasteiger partial charge in [-0.3, -0.25) is 9.78 Å². The molecule has 10 heteroatoms. The van der Waals surface area contributed by atoms with Crippen LogP contribution >= 0.6 is 0 Å². The minimum absolute atomic E-state index is 0.0676. The maximum absolute atomic E-state index is 13.0. The minimum Gasteiger partial charge on any atom is -0.505 e. The van der Waals surface area contributed by atoms with Gasteiger partial charge in [-0.25, -0.2) is 18.7 Å². The normalized spacial score (nSPS) is 14.2. The van der Waals surface area contributed by atoms with E-state index in [2.05, 4.69) is 72.7 Å². The van der Waals surface area contributed by atoms with Gasteiger partial charge in [0.05, 0.1) is 31.5 Å². The van der Waals surface area contributed by atoms with Gasteiger partial charge in [-0.15, -0.1) is 0 Å². The van der Waals surface area contributed by atoms with Crippen molar-refractivity contribution in [3.63, 3.8) is 0 Å². The van der Waals surface area contributed by atoms with Crippen LogP contribution in [0.25, 0.3) is 0 Å². The van der Waals surface area contributed by atoms with Gasteiger partial charge in [-0.1, -0.05) is 0 Å². The van der Waals surface area contributed by atoms with E-state index in [1.807, 2.05) is 72.9 Å². The maximum atomic E-state index is 13.0. The molecule has 1 aliphatic carbocycles. The second kappa shape index (κ2) is 13.9. The molecule has 228 valence electrons. The van der Waals surface area contributed by atoms with E-state index in [9.17, 15) is 9.90 Å². The number of carbonyl (C=O) groups excluding carboxylic acids is 1. The molecule has 4 aromatic rings. The average molecular weight is 595 g/mol. The third kappa shape index (κ3) is 7.26. The molecule has 0 unspecified atom stereocenters. The molecule has 0 saturated heterocycles. The minimum atomic E-state index is -0.290. The zero-order valence-electron chi connectivity index (χ0n) is 25.9. The fourth-order valence-electron chi connectivity index (χ4n) is 5.24. The number of ketones is 1. The summed E-state index contributed by atoms with van der Waals surface area (Å²) < 4.78 is 6.32. The van der Waals surface area contributed by atoms with E-state index in [1.165, 1.54) is 0 Å². The van der Waals surface area contributed by atoms with Crippen molar-refractivity contribution in [1.82, 2.24) is 9.55 Å². The number of aliphatic hydroxyl groups is 1. The third-order valence-corrected chi connectivity index (χ3v) is 7.89. The number of allylic oxidation sites excluding steroid dienone is 2. The average Bonchev–Trinajstić information content (AvgIpc) is 3.72. The van der Waals surface area contributed by atoms with Crippen molar-refractivity contribution in [2.24, 2.45) is 12.0 Å². The van der Waals surface area contributed by atoms with Crippen LogP contribution in [0.3, 0.4) is 0 Å². The van der Waals surface area contributed by atoms with Gasteiger partial charge in [0.15, 0.2) is 0 Å². The summed E-state index contributed by atoms with van der Waals surface area (Å²) in [6, 6.07) is 16.0. The molecular formula is C34H42N8O2+2. The first-order valence-electron chi connectivity index (χ1n) is 15.1. The number of likely N-dealkylation sites (N-methyl/N-ethyl adjacent to an activating group) is 2. The Morgan fingerprint density at radius 2 is 1.66 bits per heavy atom. The lowest BCUT2D eigenvalue weighted by atomic mass is 9.99. The third-order valence-electron chi connectivity index (χ3n) is 7.89. The molecule has 2 aromatic carbocycles. The number of aryl methyl sites for hydroxylation is 1. The van der Waals surface area contributed by atoms with Gasteiger partial charge in [0.2, 0.25) is 18.4 Å². The van der Waals surface area contributed by atoms with Gasteiger partial charge in [0, 0.05) is 35.7 Å². The van der Waals surface area contributed by atoms with E-state index in [0.29, 0.717) is 11.4 Å². The van der Waals surface area contributed by atoms with E-state index in [-0.39, 0.29) is 22.8 Å². The highest BCUT2D eigenvalue weighted by atomic mass is 16.3. The molecule has 0 aliphatic heterocycles. The highest BCUT2D eigenvalue weighted by molar-refractivity contribution is 6.51. The molecule has 2 heterocycles. The van der Waals surface area contributed by atoms with Crippen molar-refractivity contribution in [1.29, 1.82) is 0 Å². The summed E-state index contributed by atoms with van der Waals surface area (Å²) in [6.45, 7) is 11.2. The number of aromatic amines is 1. The number of nitrogens with one attached hydrogen (secondary N) is 2. The molecule has 44 heavy (non-hydrogen) atoms. The Hall–Kier alpha value is -5.12. The van der Waals surface area contributed by atoms with Crippen LogP contribution in [0.2, 0.25) is 0 Å². The number of carbonyl (C=O) groups is 1. The highest BCUT2D eigenvalue weighted by Crippen LogP contribution is 2.26. The number of imidazole rings is 2. The van der Waals surface area contributed by atoms with Gasteiger partial charge in [-0.2, -0.15) is 0 Å². The summed E-state index contributed by atoms with van der Waals surface area (Å²) in [4.78, 5) is 25.4. The van der Waals surface area contributed by atoms with Crippen LogP contribution in [0.1, 0.15) is 20.8 Å². The first-order chi connectivity index (χ1) is 21.3. The number of Topliss-reactive ketones (excluding diaryl/α,β-unsaturated/α-hetero) is 1. The van der Waals surface area contributed by atoms with Gasteiger partial charge in [0.25, 0.3) is 0 Å². The zero-order valence-corrected chi connectivity index (χ0v) is 25.9. The van der Waals surface area contributed by atoms with Crippen molar-refractivity contribution in [2.75, 3.05) is 41.3 Å². The molecule has 0 bridgehead atoms. The lowest BCUT2D eigenvalue weighted by Crippen LogP contribution is -2.39. The van der Waals surface area contributed by atoms with E-state index < -0.39 is 0 Å². The molecule has 0 amide bonds. The molecule has 1 aliphatic rings. The standard InChI is InChI=1S/C34H40N8O2/c1-5-41(21-19-39-16-15-35-24-39)29-11-7-27(8-12-29)36-31-23-32(34(44)26(3)33(31)43)37-28-9-13-30(14-10-28)42(6-2)22-20-40-18-17-38(4)25-40/h7-18,23-25H,5-6,19-22H2,1-4H3,(H-,36,37,43,44)/p+2. The van der Waals surface area contributed by atoms with Crippen LogP contribution in [0.4, 0.5) is 22.7 Å². The Balaban J connectivity index is 1.27. The van der Waals surface area contributed by atoms with Crippen LogP contribution in [-0.2, 0) is 24.9 Å². The largest absolute Gasteiger partial charge is 0.505 e. The number of anilines is 3. The molecule has 10 nitrogen and oxygen atoms in total. The fraction of sp³-hybridized carbons (Fsp3) is 0.294. The number of hydrogen-bond donors (Lipinski definition) is 3. The second-order valence-electron chi connectivity index (χ2n) is 10.9. The summed E-state index contributed by atoms with van der Waals surface area (Å²) in [6.07, 6.45) is 13.7. The van der Waals surface area contributed by atoms with Crippen molar-refractivity contribution in [3.8, 4) is 0 Å². The predicted octanol–water partition coefficient (Wildman–Crippen LogP) is 4.46. The number of aliphatic hydroxyl groups excluding tert-OH is 1. The number of H-pyrrole nitrogens is 1. The van der Waals surface area contributed by atoms with Crippen LogP contribution < -0.4 is 24.3 Å². The number of hydrogen-bond acceptors (Lipinski definition) is 6. The number of benzene rings is 2. The predicted molar refractivity (Wildman–Crippen MR) is 174 cm³/mol. The van der Waals surface area contributed by atoms with Gasteiger partial charge in [0.1, 0.15) is 49.3 Å².